The van der Waals surface area contributed by atoms with Crippen molar-refractivity contribution in [3.63, 3.8) is 0 Å². The Hall–Kier alpha value is -1.35. The first-order chi connectivity index (χ1) is 11.7. The number of hydrogen-bond donors (Lipinski definition) is 2. The van der Waals surface area contributed by atoms with Crippen molar-refractivity contribution in [2.24, 2.45) is 10.7 Å². The molecule has 5 nitrogen and oxygen atoms in total. The van der Waals surface area contributed by atoms with Gasteiger partial charge in [-0.3, -0.25) is 4.99 Å². The van der Waals surface area contributed by atoms with Crippen molar-refractivity contribution in [3.05, 3.63) is 40.3 Å². The van der Waals surface area contributed by atoms with Crippen molar-refractivity contribution in [1.29, 1.82) is 0 Å². The molecule has 0 saturated heterocycles. The van der Waals surface area contributed by atoms with Gasteiger partial charge in [-0.05, 0) is 38.1 Å². The van der Waals surface area contributed by atoms with E-state index in [1.54, 1.807) is 11.3 Å². The fourth-order valence-electron chi connectivity index (χ4n) is 2.12. The summed E-state index contributed by atoms with van der Waals surface area (Å²) in [5.74, 6) is 1.25. The Bertz CT molecular complexity index is 705. The standard InChI is InChI=1S/C19H28N4OS.HI/c1-13(2)24-15-8-6-14(7-9-15)22-18(20)21-11-10-17-23-16(12-25-17)19(3,4)5;/h6-9,12-13H,10-11H2,1-5H3,(H3,20,21,22);1H. The lowest BCUT2D eigenvalue weighted by Gasteiger charge is -2.14. The van der Waals surface area contributed by atoms with E-state index in [1.807, 2.05) is 38.1 Å². The van der Waals surface area contributed by atoms with Gasteiger partial charge in [0.05, 0.1) is 16.8 Å². The number of halogens is 1. The first-order valence-electron chi connectivity index (χ1n) is 8.52. The van der Waals surface area contributed by atoms with Gasteiger partial charge in [0.1, 0.15) is 5.75 Å². The molecule has 0 spiro atoms. The lowest BCUT2D eigenvalue weighted by atomic mass is 9.93. The van der Waals surface area contributed by atoms with E-state index in [0.717, 1.165) is 28.6 Å². The van der Waals surface area contributed by atoms with Crippen LogP contribution in [-0.4, -0.2) is 23.6 Å². The Morgan fingerprint density at radius 3 is 2.46 bits per heavy atom. The molecule has 0 amide bonds. The summed E-state index contributed by atoms with van der Waals surface area (Å²) in [6.45, 7) is 11.1. The Balaban J connectivity index is 0.00000338. The van der Waals surface area contributed by atoms with Gasteiger partial charge in [0.25, 0.3) is 0 Å². The number of ether oxygens (including phenoxy) is 1. The number of guanidine groups is 1. The summed E-state index contributed by atoms with van der Waals surface area (Å²) in [7, 11) is 0. The second-order valence-electron chi connectivity index (χ2n) is 7.21. The van der Waals surface area contributed by atoms with Crippen LogP contribution in [-0.2, 0) is 11.8 Å². The van der Waals surface area contributed by atoms with Gasteiger partial charge in [0.2, 0.25) is 0 Å². The van der Waals surface area contributed by atoms with Crippen molar-refractivity contribution < 1.29 is 4.74 Å². The van der Waals surface area contributed by atoms with Crippen LogP contribution in [0.25, 0.3) is 0 Å². The number of rotatable bonds is 6. The predicted molar refractivity (Wildman–Crippen MR) is 122 cm³/mol. The molecule has 0 bridgehead atoms. The van der Waals surface area contributed by atoms with Crippen LogP contribution in [0.5, 0.6) is 5.75 Å². The lowest BCUT2D eigenvalue weighted by molar-refractivity contribution is 0.242. The maximum atomic E-state index is 5.95. The van der Waals surface area contributed by atoms with Crippen LogP contribution in [0.15, 0.2) is 34.6 Å². The fourth-order valence-corrected chi connectivity index (χ4v) is 3.13. The highest BCUT2D eigenvalue weighted by Crippen LogP contribution is 2.24. The Morgan fingerprint density at radius 1 is 1.27 bits per heavy atom. The predicted octanol–water partition coefficient (Wildman–Crippen LogP) is 4.82. The second-order valence-corrected chi connectivity index (χ2v) is 8.15. The van der Waals surface area contributed by atoms with E-state index in [-0.39, 0.29) is 35.5 Å². The molecule has 144 valence electrons. The number of nitrogens with one attached hydrogen (secondary N) is 1. The van der Waals surface area contributed by atoms with Crippen molar-refractivity contribution in [3.8, 4) is 5.75 Å². The zero-order valence-corrected chi connectivity index (χ0v) is 19.2. The van der Waals surface area contributed by atoms with E-state index >= 15 is 0 Å². The fraction of sp³-hybridized carbons (Fsp3) is 0.474. The highest BCUT2D eigenvalue weighted by Gasteiger charge is 2.17. The minimum atomic E-state index is 0. The van der Waals surface area contributed by atoms with E-state index in [9.17, 15) is 0 Å². The average Bonchev–Trinajstić information content (AvgIpc) is 2.98. The van der Waals surface area contributed by atoms with Gasteiger partial charge < -0.3 is 15.8 Å². The molecular formula is C19H29IN4OS. The van der Waals surface area contributed by atoms with Crippen molar-refractivity contribution in [2.75, 3.05) is 11.9 Å². The smallest absolute Gasteiger partial charge is 0.193 e. The summed E-state index contributed by atoms with van der Waals surface area (Å²) in [4.78, 5) is 9.05. The largest absolute Gasteiger partial charge is 0.491 e. The summed E-state index contributed by atoms with van der Waals surface area (Å²) in [5.41, 5.74) is 8.06. The van der Waals surface area contributed by atoms with Gasteiger partial charge in [-0.1, -0.05) is 20.8 Å². The molecule has 7 heteroatoms. The van der Waals surface area contributed by atoms with E-state index in [2.05, 4.69) is 41.4 Å². The van der Waals surface area contributed by atoms with Gasteiger partial charge in [0.15, 0.2) is 5.96 Å². The number of aliphatic imine (C=N–C) groups is 1. The molecule has 0 saturated carbocycles. The number of nitrogens with two attached hydrogens (primary N) is 1. The highest BCUT2D eigenvalue weighted by molar-refractivity contribution is 14.0. The van der Waals surface area contributed by atoms with Gasteiger partial charge in [-0.25, -0.2) is 4.98 Å². The van der Waals surface area contributed by atoms with Gasteiger partial charge in [-0.2, -0.15) is 0 Å². The molecule has 0 atom stereocenters. The molecule has 2 aromatic rings. The Kier molecular flexibility index (Phi) is 8.82. The van der Waals surface area contributed by atoms with Crippen molar-refractivity contribution >= 4 is 47.0 Å². The van der Waals surface area contributed by atoms with Crippen LogP contribution in [0.4, 0.5) is 5.69 Å². The zero-order valence-electron chi connectivity index (χ0n) is 16.1. The third-order valence-corrected chi connectivity index (χ3v) is 4.34. The summed E-state index contributed by atoms with van der Waals surface area (Å²) in [6.07, 6.45) is 0.958. The van der Waals surface area contributed by atoms with Crippen molar-refractivity contribution in [2.45, 2.75) is 52.6 Å². The first kappa shape index (κ1) is 22.7. The second kappa shape index (κ2) is 10.1. The molecule has 0 aliphatic heterocycles. The summed E-state index contributed by atoms with van der Waals surface area (Å²) >= 11 is 1.68. The van der Waals surface area contributed by atoms with Crippen LogP contribution in [0.3, 0.4) is 0 Å². The number of hydrogen-bond acceptors (Lipinski definition) is 4. The number of thiazole rings is 1. The van der Waals surface area contributed by atoms with Gasteiger partial charge >= 0.3 is 0 Å². The van der Waals surface area contributed by atoms with Crippen LogP contribution >= 0.6 is 35.3 Å². The van der Waals surface area contributed by atoms with Crippen LogP contribution < -0.4 is 15.8 Å². The molecule has 2 rings (SSSR count). The molecule has 1 aromatic carbocycles. The molecule has 0 unspecified atom stereocenters. The molecule has 0 fully saturated rings. The Labute approximate surface area is 177 Å². The third kappa shape index (κ3) is 7.49. The van der Waals surface area contributed by atoms with Crippen LogP contribution in [0.1, 0.15) is 45.3 Å². The molecule has 0 radical (unpaired) electrons. The van der Waals surface area contributed by atoms with Crippen LogP contribution in [0.2, 0.25) is 0 Å². The molecule has 0 aliphatic carbocycles. The minimum Gasteiger partial charge on any atom is -0.491 e. The minimum absolute atomic E-state index is 0. The topological polar surface area (TPSA) is 72.5 Å². The zero-order chi connectivity index (χ0) is 18.4. The monoisotopic (exact) mass is 488 g/mol. The maximum absolute atomic E-state index is 5.95. The number of aromatic nitrogens is 1. The molecule has 0 aliphatic rings. The number of anilines is 1. The molecule has 26 heavy (non-hydrogen) atoms. The summed E-state index contributed by atoms with van der Waals surface area (Å²) in [6, 6.07) is 7.69. The van der Waals surface area contributed by atoms with Gasteiger partial charge in [0, 0.05) is 29.4 Å². The van der Waals surface area contributed by atoms with Crippen molar-refractivity contribution in [1.82, 2.24) is 4.98 Å². The van der Waals surface area contributed by atoms with E-state index in [4.69, 9.17) is 10.5 Å². The molecule has 1 heterocycles. The van der Waals surface area contributed by atoms with E-state index < -0.39 is 0 Å². The summed E-state index contributed by atoms with van der Waals surface area (Å²) < 4.78 is 5.62. The van der Waals surface area contributed by atoms with E-state index in [0.29, 0.717) is 12.5 Å². The molecule has 3 N–H and O–H groups in total. The van der Waals surface area contributed by atoms with Gasteiger partial charge in [-0.15, -0.1) is 35.3 Å². The highest BCUT2D eigenvalue weighted by atomic mass is 127. The summed E-state index contributed by atoms with van der Waals surface area (Å²) in [5, 5.41) is 6.31. The first-order valence-corrected chi connectivity index (χ1v) is 9.40. The number of benzene rings is 1. The third-order valence-electron chi connectivity index (χ3n) is 3.43. The normalized spacial score (nSPS) is 12.0. The lowest BCUT2D eigenvalue weighted by Crippen LogP contribution is -2.23. The van der Waals surface area contributed by atoms with Crippen LogP contribution in [0, 0.1) is 0 Å². The molecule has 1 aromatic heterocycles. The SMILES string of the molecule is CC(C)Oc1ccc(NC(N)=NCCc2nc(C(C)(C)C)cs2)cc1.I. The quantitative estimate of drug-likeness (QED) is 0.348. The maximum Gasteiger partial charge on any atom is 0.193 e. The van der Waals surface area contributed by atoms with E-state index in [1.165, 1.54) is 0 Å². The Morgan fingerprint density at radius 2 is 1.92 bits per heavy atom. The average molecular weight is 488 g/mol. The molecular weight excluding hydrogens is 459 g/mol. The number of nitrogens with zero attached hydrogens (tertiary/aromatic N) is 2.